The lowest BCUT2D eigenvalue weighted by molar-refractivity contribution is -0.0407. The Balaban J connectivity index is 2.06. The van der Waals surface area contributed by atoms with Crippen LogP contribution >= 0.6 is 15.9 Å². The van der Waals surface area contributed by atoms with E-state index < -0.39 is 0 Å². The van der Waals surface area contributed by atoms with E-state index in [9.17, 15) is 4.79 Å². The molecule has 1 atom stereocenters. The average molecular weight is 344 g/mol. The zero-order valence-corrected chi connectivity index (χ0v) is 13.2. The molecule has 0 radical (unpaired) electrons. The van der Waals surface area contributed by atoms with Crippen molar-refractivity contribution >= 4 is 22.2 Å². The van der Waals surface area contributed by atoms with Gasteiger partial charge in [-0.15, -0.1) is 0 Å². The largest absolute Gasteiger partial charge is 0.493 e. The van der Waals surface area contributed by atoms with E-state index in [0.717, 1.165) is 19.4 Å². The highest BCUT2D eigenvalue weighted by Gasteiger charge is 2.20. The molecular formula is C14H18BrNO4. The first-order chi connectivity index (χ1) is 9.63. The Labute approximate surface area is 126 Å². The zero-order valence-electron chi connectivity index (χ0n) is 11.6. The second-order valence-electron chi connectivity index (χ2n) is 4.72. The minimum Gasteiger partial charge on any atom is -0.493 e. The van der Waals surface area contributed by atoms with Crippen LogP contribution in [0.25, 0.3) is 0 Å². The molecule has 1 aromatic rings. The second kappa shape index (κ2) is 7.06. The van der Waals surface area contributed by atoms with Crippen molar-refractivity contribution in [2.45, 2.75) is 6.10 Å². The Morgan fingerprint density at radius 2 is 2.35 bits per heavy atom. The molecule has 0 amide bonds. The summed E-state index contributed by atoms with van der Waals surface area (Å²) in [5, 5.41) is 0. The van der Waals surface area contributed by atoms with Crippen molar-refractivity contribution in [1.29, 1.82) is 0 Å². The second-order valence-corrected chi connectivity index (χ2v) is 5.57. The first-order valence-corrected chi connectivity index (χ1v) is 7.19. The molecule has 1 aliphatic rings. The third-order valence-electron chi connectivity index (χ3n) is 3.14. The molecule has 5 nitrogen and oxygen atoms in total. The van der Waals surface area contributed by atoms with Crippen molar-refractivity contribution in [3.05, 3.63) is 22.2 Å². The van der Waals surface area contributed by atoms with E-state index in [-0.39, 0.29) is 6.10 Å². The van der Waals surface area contributed by atoms with Crippen molar-refractivity contribution in [2.24, 2.45) is 0 Å². The van der Waals surface area contributed by atoms with E-state index in [0.29, 0.717) is 34.7 Å². The molecule has 20 heavy (non-hydrogen) atoms. The predicted molar refractivity (Wildman–Crippen MR) is 78.8 cm³/mol. The van der Waals surface area contributed by atoms with Gasteiger partial charge in [-0.25, -0.2) is 0 Å². The molecule has 0 saturated carbocycles. The molecule has 1 heterocycles. The van der Waals surface area contributed by atoms with Gasteiger partial charge in [0.1, 0.15) is 19.0 Å². The van der Waals surface area contributed by atoms with E-state index in [1.807, 2.05) is 0 Å². The Morgan fingerprint density at radius 1 is 1.55 bits per heavy atom. The summed E-state index contributed by atoms with van der Waals surface area (Å²) in [6.07, 6.45) is 0.812. The number of hydrogen-bond acceptors (Lipinski definition) is 5. The van der Waals surface area contributed by atoms with Crippen molar-refractivity contribution < 1.29 is 19.0 Å². The maximum atomic E-state index is 10.8. The molecule has 0 aliphatic carbocycles. The number of likely N-dealkylation sites (N-methyl/N-ethyl adjacent to an activating group) is 1. The molecule has 6 heteroatoms. The molecule has 110 valence electrons. The molecule has 0 N–H and O–H groups in total. The number of carbonyl (C=O) groups is 1. The van der Waals surface area contributed by atoms with Gasteiger partial charge in [-0.2, -0.15) is 0 Å². The van der Waals surface area contributed by atoms with Crippen LogP contribution in [-0.4, -0.2) is 57.8 Å². The summed E-state index contributed by atoms with van der Waals surface area (Å²) >= 11 is 3.40. The van der Waals surface area contributed by atoms with Gasteiger partial charge in [0.25, 0.3) is 0 Å². The highest BCUT2D eigenvalue weighted by Crippen LogP contribution is 2.36. The van der Waals surface area contributed by atoms with Crippen molar-refractivity contribution in [3.63, 3.8) is 0 Å². The lowest BCUT2D eigenvalue weighted by atomic mass is 10.2. The van der Waals surface area contributed by atoms with E-state index >= 15 is 0 Å². The first kappa shape index (κ1) is 15.3. The van der Waals surface area contributed by atoms with E-state index in [1.54, 1.807) is 19.2 Å². The summed E-state index contributed by atoms with van der Waals surface area (Å²) in [6, 6.07) is 3.36. The number of benzene rings is 1. The number of aldehydes is 1. The Morgan fingerprint density at radius 3 is 3.00 bits per heavy atom. The van der Waals surface area contributed by atoms with Gasteiger partial charge in [-0.3, -0.25) is 4.79 Å². The minimum absolute atomic E-state index is 0.0381. The molecule has 1 unspecified atom stereocenters. The van der Waals surface area contributed by atoms with Gasteiger partial charge in [0, 0.05) is 18.7 Å². The van der Waals surface area contributed by atoms with Gasteiger partial charge in [0.2, 0.25) is 0 Å². The van der Waals surface area contributed by atoms with Crippen molar-refractivity contribution in [2.75, 3.05) is 40.5 Å². The van der Waals surface area contributed by atoms with E-state index in [2.05, 4.69) is 27.9 Å². The Bertz CT molecular complexity index is 480. The summed E-state index contributed by atoms with van der Waals surface area (Å²) in [5.74, 6) is 1.13. The van der Waals surface area contributed by atoms with Crippen LogP contribution < -0.4 is 9.47 Å². The van der Waals surface area contributed by atoms with Crippen LogP contribution in [0.5, 0.6) is 11.5 Å². The highest BCUT2D eigenvalue weighted by atomic mass is 79.9. The van der Waals surface area contributed by atoms with Crippen LogP contribution in [0.4, 0.5) is 0 Å². The normalized spacial score (nSPS) is 19.6. The molecule has 1 fully saturated rings. The van der Waals surface area contributed by atoms with Crippen LogP contribution in [0.2, 0.25) is 0 Å². The molecule has 0 aromatic heterocycles. The molecule has 1 aliphatic heterocycles. The van der Waals surface area contributed by atoms with Crippen LogP contribution in [0.1, 0.15) is 10.4 Å². The number of rotatable bonds is 5. The lowest BCUT2D eigenvalue weighted by Gasteiger charge is -2.30. The molecule has 1 aromatic carbocycles. The number of halogens is 1. The van der Waals surface area contributed by atoms with E-state index in [4.69, 9.17) is 14.2 Å². The van der Waals surface area contributed by atoms with Crippen LogP contribution in [0.15, 0.2) is 16.6 Å². The zero-order chi connectivity index (χ0) is 14.5. The summed E-state index contributed by atoms with van der Waals surface area (Å²) in [6.45, 7) is 2.94. The van der Waals surface area contributed by atoms with Gasteiger partial charge in [-0.1, -0.05) is 0 Å². The minimum atomic E-state index is 0.0381. The number of nitrogens with zero attached hydrogens (tertiary/aromatic N) is 1. The Hall–Kier alpha value is -1.11. The van der Waals surface area contributed by atoms with Crippen LogP contribution in [0, 0.1) is 0 Å². The quantitative estimate of drug-likeness (QED) is 0.765. The molecule has 2 rings (SSSR count). The predicted octanol–water partition coefficient (Wildman–Crippen LogP) is 1.98. The van der Waals surface area contributed by atoms with Gasteiger partial charge < -0.3 is 19.1 Å². The first-order valence-electron chi connectivity index (χ1n) is 6.39. The number of carbonyl (C=O) groups excluding carboxylic acids is 1. The maximum absolute atomic E-state index is 10.8. The third kappa shape index (κ3) is 3.71. The van der Waals surface area contributed by atoms with Crippen molar-refractivity contribution in [1.82, 2.24) is 4.90 Å². The average Bonchev–Trinajstić information content (AvgIpc) is 2.45. The number of ether oxygens (including phenoxy) is 3. The summed E-state index contributed by atoms with van der Waals surface area (Å²) in [7, 11) is 3.61. The van der Waals surface area contributed by atoms with Crippen LogP contribution in [-0.2, 0) is 4.74 Å². The molecule has 0 bridgehead atoms. The van der Waals surface area contributed by atoms with Crippen LogP contribution in [0.3, 0.4) is 0 Å². The fourth-order valence-electron chi connectivity index (χ4n) is 2.09. The highest BCUT2D eigenvalue weighted by molar-refractivity contribution is 9.10. The van der Waals surface area contributed by atoms with Gasteiger partial charge in [0.05, 0.1) is 18.2 Å². The van der Waals surface area contributed by atoms with Gasteiger partial charge in [0.15, 0.2) is 11.5 Å². The number of morpholine rings is 1. The number of methoxy groups -OCH3 is 1. The summed E-state index contributed by atoms with van der Waals surface area (Å²) < 4.78 is 17.4. The SMILES string of the molecule is COc1cc(C=O)cc(Br)c1OCC1CN(C)CCO1. The third-order valence-corrected chi connectivity index (χ3v) is 3.73. The Kier molecular flexibility index (Phi) is 5.39. The fourth-order valence-corrected chi connectivity index (χ4v) is 2.67. The molecule has 1 saturated heterocycles. The fraction of sp³-hybridized carbons (Fsp3) is 0.500. The lowest BCUT2D eigenvalue weighted by Crippen LogP contribution is -2.42. The number of hydrogen-bond donors (Lipinski definition) is 0. The summed E-state index contributed by atoms with van der Waals surface area (Å²) in [5.41, 5.74) is 0.537. The smallest absolute Gasteiger partial charge is 0.175 e. The molecule has 0 spiro atoms. The topological polar surface area (TPSA) is 48.0 Å². The van der Waals surface area contributed by atoms with Gasteiger partial charge >= 0.3 is 0 Å². The van der Waals surface area contributed by atoms with E-state index in [1.165, 1.54) is 0 Å². The van der Waals surface area contributed by atoms with Crippen molar-refractivity contribution in [3.8, 4) is 11.5 Å². The standard InChI is InChI=1S/C14H18BrNO4/c1-16-3-4-19-11(7-16)9-20-14-12(15)5-10(8-17)6-13(14)18-2/h5-6,8,11H,3-4,7,9H2,1-2H3. The van der Waals surface area contributed by atoms with Gasteiger partial charge in [-0.05, 0) is 35.1 Å². The monoisotopic (exact) mass is 343 g/mol. The maximum Gasteiger partial charge on any atom is 0.175 e. The summed E-state index contributed by atoms with van der Waals surface area (Å²) in [4.78, 5) is 13.0. The molecular weight excluding hydrogens is 326 g/mol.